The normalized spacial score (nSPS) is 19.4. The van der Waals surface area contributed by atoms with Gasteiger partial charge in [-0.05, 0) is 30.6 Å². The van der Waals surface area contributed by atoms with Crippen LogP contribution in [0, 0.1) is 0 Å². The van der Waals surface area contributed by atoms with Crippen molar-refractivity contribution < 1.29 is 4.74 Å². The molecule has 0 aromatic rings. The van der Waals surface area contributed by atoms with Crippen LogP contribution >= 0.6 is 0 Å². The fraction of sp³-hybridized carbons (Fsp3) is 0.231. The lowest BCUT2D eigenvalue weighted by atomic mass is 10.0. The Hall–Kier alpha value is -1.50. The minimum absolute atomic E-state index is 0.953. The maximum atomic E-state index is 5.25. The van der Waals surface area contributed by atoms with Gasteiger partial charge in [0.2, 0.25) is 0 Å². The molecular weight excluding hydrogens is 172 g/mol. The summed E-state index contributed by atoms with van der Waals surface area (Å²) in [5.74, 6) is 0.953. The quantitative estimate of drug-likeness (QED) is 0.615. The molecule has 1 nitrogen and oxygen atoms in total. The fourth-order valence-corrected chi connectivity index (χ4v) is 1.31. The minimum Gasteiger partial charge on any atom is -0.496 e. The Kier molecular flexibility index (Phi) is 3.99. The van der Waals surface area contributed by atoms with Gasteiger partial charge in [-0.1, -0.05) is 37.0 Å². The lowest BCUT2D eigenvalue weighted by molar-refractivity contribution is 0.299. The van der Waals surface area contributed by atoms with Crippen LogP contribution in [0.2, 0.25) is 0 Å². The molecule has 1 heteroatoms. The number of ether oxygens (including phenoxy) is 1. The molecule has 0 N–H and O–H groups in total. The lowest BCUT2D eigenvalue weighted by Gasteiger charge is -2.12. The molecule has 0 atom stereocenters. The second kappa shape index (κ2) is 5.28. The summed E-state index contributed by atoms with van der Waals surface area (Å²) in [6.07, 6.45) is 13.0. The van der Waals surface area contributed by atoms with Crippen molar-refractivity contribution in [3.63, 3.8) is 0 Å². The number of rotatable bonds is 3. The minimum atomic E-state index is 0.953. The van der Waals surface area contributed by atoms with Crippen LogP contribution in [-0.2, 0) is 4.74 Å². The van der Waals surface area contributed by atoms with E-state index in [1.54, 1.807) is 13.2 Å². The van der Waals surface area contributed by atoms with Crippen LogP contribution < -0.4 is 0 Å². The third kappa shape index (κ3) is 2.77. The molecule has 0 saturated heterocycles. The van der Waals surface area contributed by atoms with Crippen molar-refractivity contribution in [2.75, 3.05) is 7.11 Å². The van der Waals surface area contributed by atoms with E-state index in [-0.39, 0.29) is 0 Å². The SMILES string of the molecule is C=C/C=C\C=C1\C=C(OC)C(C)=CC1. The van der Waals surface area contributed by atoms with Crippen molar-refractivity contribution in [2.45, 2.75) is 13.3 Å². The van der Waals surface area contributed by atoms with Crippen LogP contribution in [0.3, 0.4) is 0 Å². The first-order chi connectivity index (χ1) is 6.77. The van der Waals surface area contributed by atoms with Gasteiger partial charge in [0.15, 0.2) is 0 Å². The van der Waals surface area contributed by atoms with E-state index in [4.69, 9.17) is 4.74 Å². The predicted molar refractivity (Wildman–Crippen MR) is 60.9 cm³/mol. The van der Waals surface area contributed by atoms with Gasteiger partial charge < -0.3 is 4.74 Å². The molecule has 0 saturated carbocycles. The van der Waals surface area contributed by atoms with Gasteiger partial charge in [-0.3, -0.25) is 0 Å². The fourth-order valence-electron chi connectivity index (χ4n) is 1.31. The lowest BCUT2D eigenvalue weighted by Crippen LogP contribution is -1.95. The van der Waals surface area contributed by atoms with Crippen molar-refractivity contribution in [1.82, 2.24) is 0 Å². The Morgan fingerprint density at radius 2 is 2.21 bits per heavy atom. The summed E-state index contributed by atoms with van der Waals surface area (Å²) in [5.41, 5.74) is 2.46. The second-order valence-corrected chi connectivity index (χ2v) is 3.17. The second-order valence-electron chi connectivity index (χ2n) is 3.17. The third-order valence-corrected chi connectivity index (χ3v) is 2.13. The van der Waals surface area contributed by atoms with Gasteiger partial charge in [0, 0.05) is 0 Å². The molecule has 0 aromatic carbocycles. The molecule has 74 valence electrons. The molecule has 1 aliphatic carbocycles. The highest BCUT2D eigenvalue weighted by molar-refractivity contribution is 5.40. The highest BCUT2D eigenvalue weighted by atomic mass is 16.5. The van der Waals surface area contributed by atoms with E-state index in [1.807, 2.05) is 12.2 Å². The molecule has 0 amide bonds. The summed E-state index contributed by atoms with van der Waals surface area (Å²) in [5, 5.41) is 0. The molecule has 0 fully saturated rings. The van der Waals surface area contributed by atoms with Crippen LogP contribution in [0.1, 0.15) is 13.3 Å². The highest BCUT2D eigenvalue weighted by Crippen LogP contribution is 2.22. The van der Waals surface area contributed by atoms with Crippen LogP contribution in [0.4, 0.5) is 0 Å². The number of allylic oxidation sites excluding steroid dienone is 8. The Balaban J connectivity index is 2.77. The first-order valence-electron chi connectivity index (χ1n) is 4.69. The summed E-state index contributed by atoms with van der Waals surface area (Å²) in [4.78, 5) is 0. The van der Waals surface area contributed by atoms with Gasteiger partial charge in [-0.2, -0.15) is 0 Å². The van der Waals surface area contributed by atoms with E-state index in [0.717, 1.165) is 12.2 Å². The number of hydrogen-bond acceptors (Lipinski definition) is 1. The van der Waals surface area contributed by atoms with Crippen molar-refractivity contribution in [3.05, 3.63) is 59.9 Å². The maximum Gasteiger partial charge on any atom is 0.121 e. The van der Waals surface area contributed by atoms with Crippen LogP contribution in [0.5, 0.6) is 0 Å². The highest BCUT2D eigenvalue weighted by Gasteiger charge is 2.06. The zero-order valence-electron chi connectivity index (χ0n) is 8.79. The van der Waals surface area contributed by atoms with Crippen LogP contribution in [0.15, 0.2) is 59.9 Å². The van der Waals surface area contributed by atoms with E-state index in [9.17, 15) is 0 Å². The Morgan fingerprint density at radius 3 is 2.86 bits per heavy atom. The average Bonchev–Trinajstić information content (AvgIpc) is 2.21. The number of methoxy groups -OCH3 is 1. The first-order valence-corrected chi connectivity index (χ1v) is 4.69. The third-order valence-electron chi connectivity index (χ3n) is 2.13. The summed E-state index contributed by atoms with van der Waals surface area (Å²) < 4.78 is 5.25. The Labute approximate surface area is 85.8 Å². The summed E-state index contributed by atoms with van der Waals surface area (Å²) in [6.45, 7) is 5.68. The van der Waals surface area contributed by atoms with Crippen LogP contribution in [-0.4, -0.2) is 7.11 Å². The van der Waals surface area contributed by atoms with Crippen molar-refractivity contribution >= 4 is 0 Å². The van der Waals surface area contributed by atoms with Gasteiger partial charge in [-0.15, -0.1) is 0 Å². The standard InChI is InChI=1S/C13H16O/c1-4-5-6-7-12-9-8-11(2)13(10-12)14-3/h4-8,10H,1,9H2,2-3H3/b6-5-,12-7+. The molecular formula is C13H16O. The van der Waals surface area contributed by atoms with Crippen molar-refractivity contribution in [2.24, 2.45) is 0 Å². The monoisotopic (exact) mass is 188 g/mol. The molecule has 1 rings (SSSR count). The summed E-state index contributed by atoms with van der Waals surface area (Å²) >= 11 is 0. The summed E-state index contributed by atoms with van der Waals surface area (Å²) in [7, 11) is 1.70. The van der Waals surface area contributed by atoms with Crippen molar-refractivity contribution in [3.8, 4) is 0 Å². The molecule has 0 heterocycles. The maximum absolute atomic E-state index is 5.25. The molecule has 14 heavy (non-hydrogen) atoms. The van der Waals surface area contributed by atoms with E-state index in [2.05, 4.69) is 31.7 Å². The predicted octanol–water partition coefficient (Wildman–Crippen LogP) is 3.54. The van der Waals surface area contributed by atoms with Crippen LogP contribution in [0.25, 0.3) is 0 Å². The summed E-state index contributed by atoms with van der Waals surface area (Å²) in [6, 6.07) is 0. The largest absolute Gasteiger partial charge is 0.496 e. The molecule has 0 bridgehead atoms. The van der Waals surface area contributed by atoms with Gasteiger partial charge in [0.1, 0.15) is 5.76 Å². The van der Waals surface area contributed by atoms with E-state index in [0.29, 0.717) is 0 Å². The molecule has 1 aliphatic rings. The topological polar surface area (TPSA) is 9.23 Å². The van der Waals surface area contributed by atoms with E-state index in [1.165, 1.54) is 11.1 Å². The van der Waals surface area contributed by atoms with Crippen molar-refractivity contribution in [1.29, 1.82) is 0 Å². The van der Waals surface area contributed by atoms with Gasteiger partial charge in [-0.25, -0.2) is 0 Å². The average molecular weight is 188 g/mol. The Bertz CT molecular complexity index is 327. The zero-order valence-corrected chi connectivity index (χ0v) is 8.79. The van der Waals surface area contributed by atoms with E-state index >= 15 is 0 Å². The molecule has 0 unspecified atom stereocenters. The zero-order chi connectivity index (χ0) is 10.4. The Morgan fingerprint density at radius 1 is 1.43 bits per heavy atom. The van der Waals surface area contributed by atoms with Gasteiger partial charge >= 0.3 is 0 Å². The first kappa shape index (κ1) is 10.6. The van der Waals surface area contributed by atoms with E-state index < -0.39 is 0 Å². The van der Waals surface area contributed by atoms with Gasteiger partial charge in [0.25, 0.3) is 0 Å². The van der Waals surface area contributed by atoms with Gasteiger partial charge in [0.05, 0.1) is 7.11 Å². The smallest absolute Gasteiger partial charge is 0.121 e. The molecule has 0 radical (unpaired) electrons. The molecule has 0 spiro atoms. The molecule has 0 aromatic heterocycles. The number of hydrogen-bond donors (Lipinski definition) is 0. The molecule has 0 aliphatic heterocycles.